The lowest BCUT2D eigenvalue weighted by Crippen LogP contribution is -2.43. The first-order valence-electron chi connectivity index (χ1n) is 12.3. The van der Waals surface area contributed by atoms with Crippen LogP contribution in [0, 0.1) is 0 Å². The molecule has 0 spiro atoms. The maximum Gasteiger partial charge on any atom is 0.329 e. The van der Waals surface area contributed by atoms with Crippen LogP contribution in [-0.4, -0.2) is 48.0 Å². The lowest BCUT2D eigenvalue weighted by molar-refractivity contribution is -0.157. The minimum absolute atomic E-state index is 0.198. The van der Waals surface area contributed by atoms with E-state index >= 15 is 0 Å². The molecule has 2 heterocycles. The summed E-state index contributed by atoms with van der Waals surface area (Å²) < 4.78 is 10.3. The van der Waals surface area contributed by atoms with E-state index in [1.165, 1.54) is 0 Å². The number of ether oxygens (including phenoxy) is 2. The van der Waals surface area contributed by atoms with Gasteiger partial charge in [-0.1, -0.05) is 36.4 Å². The van der Waals surface area contributed by atoms with Crippen molar-refractivity contribution in [3.8, 4) is 0 Å². The number of amides is 2. The highest BCUT2D eigenvalue weighted by Crippen LogP contribution is 2.19. The molecule has 0 aromatic heterocycles. The Morgan fingerprint density at radius 2 is 1.25 bits per heavy atom. The molecule has 36 heavy (non-hydrogen) atoms. The van der Waals surface area contributed by atoms with Gasteiger partial charge in [-0.2, -0.15) is 0 Å². The van der Waals surface area contributed by atoms with Crippen molar-refractivity contribution in [1.29, 1.82) is 0 Å². The monoisotopic (exact) mass is 494 g/mol. The molecule has 4 rings (SSSR count). The summed E-state index contributed by atoms with van der Waals surface area (Å²) in [6.45, 7) is 7.54. The van der Waals surface area contributed by atoms with E-state index in [0.29, 0.717) is 43.4 Å². The van der Waals surface area contributed by atoms with E-state index in [0.717, 1.165) is 11.1 Å². The van der Waals surface area contributed by atoms with E-state index in [4.69, 9.17) is 9.47 Å². The van der Waals surface area contributed by atoms with Crippen molar-refractivity contribution in [3.63, 3.8) is 0 Å². The van der Waals surface area contributed by atoms with E-state index in [2.05, 4.69) is 10.6 Å². The Kier molecular flexibility index (Phi) is 8.85. The average Bonchev–Trinajstić information content (AvgIpc) is 3.11. The number of hydrogen-bond donors (Lipinski definition) is 2. The molecule has 0 radical (unpaired) electrons. The van der Waals surface area contributed by atoms with Crippen LogP contribution < -0.4 is 10.6 Å². The van der Waals surface area contributed by atoms with Gasteiger partial charge in [0.15, 0.2) is 0 Å². The third-order valence-electron chi connectivity index (χ3n) is 5.80. The predicted molar refractivity (Wildman–Crippen MR) is 135 cm³/mol. The number of esters is 2. The third-order valence-corrected chi connectivity index (χ3v) is 5.80. The molecule has 8 heteroatoms. The van der Waals surface area contributed by atoms with Crippen molar-refractivity contribution < 1.29 is 28.7 Å². The van der Waals surface area contributed by atoms with Gasteiger partial charge < -0.3 is 20.1 Å². The summed E-state index contributed by atoms with van der Waals surface area (Å²) >= 11 is 0. The van der Waals surface area contributed by atoms with Gasteiger partial charge in [0.2, 0.25) is 0 Å². The maximum absolute atomic E-state index is 12.1. The van der Waals surface area contributed by atoms with E-state index in [-0.39, 0.29) is 23.8 Å². The number of hydrogen-bond acceptors (Lipinski definition) is 6. The molecule has 2 N–H and O–H groups in total. The Bertz CT molecular complexity index is 1120. The number of nitrogens with one attached hydrogen (secondary N) is 2. The van der Waals surface area contributed by atoms with Crippen LogP contribution in [0.2, 0.25) is 0 Å². The van der Waals surface area contributed by atoms with Crippen LogP contribution in [0.4, 0.5) is 0 Å². The van der Waals surface area contributed by atoms with Gasteiger partial charge in [0.25, 0.3) is 11.8 Å². The summed E-state index contributed by atoms with van der Waals surface area (Å²) in [4.78, 5) is 47.6. The quantitative estimate of drug-likeness (QED) is 0.633. The minimum atomic E-state index is -0.570. The van der Waals surface area contributed by atoms with Gasteiger partial charge in [0.1, 0.15) is 17.7 Å². The highest BCUT2D eigenvalue weighted by Gasteiger charge is 2.30. The van der Waals surface area contributed by atoms with Gasteiger partial charge in [0, 0.05) is 11.1 Å². The Morgan fingerprint density at radius 1 is 0.806 bits per heavy atom. The van der Waals surface area contributed by atoms with Crippen LogP contribution in [-0.2, 0) is 31.9 Å². The van der Waals surface area contributed by atoms with E-state index < -0.39 is 17.7 Å². The molecule has 2 aliphatic heterocycles. The summed E-state index contributed by atoms with van der Waals surface area (Å²) in [5.74, 6) is -1.12. The number of fused-ring (bicyclic) bond motifs is 2. The first-order chi connectivity index (χ1) is 17.1. The van der Waals surface area contributed by atoms with E-state index in [1.54, 1.807) is 19.1 Å². The van der Waals surface area contributed by atoms with Crippen LogP contribution in [0.15, 0.2) is 48.5 Å². The zero-order valence-electron chi connectivity index (χ0n) is 21.3. The molecule has 2 atom stereocenters. The predicted octanol–water partition coefficient (Wildman–Crippen LogP) is 3.37. The molecular formula is C28H34N2O6. The van der Waals surface area contributed by atoms with Crippen LogP contribution in [0.5, 0.6) is 0 Å². The molecule has 2 amide bonds. The lowest BCUT2D eigenvalue weighted by Gasteiger charge is -2.23. The van der Waals surface area contributed by atoms with Gasteiger partial charge in [-0.25, -0.2) is 9.59 Å². The Hall–Kier alpha value is -3.68. The van der Waals surface area contributed by atoms with Crippen LogP contribution in [0.25, 0.3) is 0 Å². The van der Waals surface area contributed by atoms with Crippen molar-refractivity contribution in [2.45, 2.75) is 71.1 Å². The molecule has 0 aliphatic carbocycles. The first kappa shape index (κ1) is 26.9. The molecule has 0 fully saturated rings. The molecule has 2 aliphatic rings. The SMILES string of the molecule is CC(C)(C)OC(=O)C1CCc2ccccc2C(=O)N1.CCOC(=O)C1CCc2ccccc2C(=O)N1. The molecular weight excluding hydrogens is 460 g/mol. The fourth-order valence-electron chi connectivity index (χ4n) is 4.10. The van der Waals surface area contributed by atoms with Crippen molar-refractivity contribution in [3.05, 3.63) is 70.8 Å². The van der Waals surface area contributed by atoms with Crippen molar-refractivity contribution in [1.82, 2.24) is 10.6 Å². The number of carbonyl (C=O) groups is 4. The summed E-state index contributed by atoms with van der Waals surface area (Å²) in [5, 5.41) is 5.45. The van der Waals surface area contributed by atoms with Gasteiger partial charge in [-0.15, -0.1) is 0 Å². The molecule has 0 saturated carbocycles. The lowest BCUT2D eigenvalue weighted by atomic mass is 10.0. The number of rotatable bonds is 3. The van der Waals surface area contributed by atoms with E-state index in [1.807, 2.05) is 57.2 Å². The Balaban J connectivity index is 0.000000202. The van der Waals surface area contributed by atoms with Crippen molar-refractivity contribution in [2.24, 2.45) is 0 Å². The van der Waals surface area contributed by atoms with Gasteiger partial charge in [-0.3, -0.25) is 9.59 Å². The molecule has 0 saturated heterocycles. The maximum atomic E-state index is 12.1. The standard InChI is InChI=1S/C15H19NO3.C13H15NO3/c1-15(2,3)19-14(18)12-9-8-10-6-4-5-7-11(10)13(17)16-12;1-2-17-13(16)11-8-7-9-5-3-4-6-10(9)12(15)14-11/h4-7,12H,8-9H2,1-3H3,(H,16,17);3-6,11H,2,7-8H2,1H3,(H,14,15). The average molecular weight is 495 g/mol. The topological polar surface area (TPSA) is 111 Å². The molecule has 2 aromatic rings. The number of carbonyl (C=O) groups excluding carboxylic acids is 4. The largest absolute Gasteiger partial charge is 0.464 e. The summed E-state index contributed by atoms with van der Waals surface area (Å²) in [5.41, 5.74) is 2.72. The number of aryl methyl sites for hydroxylation is 2. The number of benzene rings is 2. The van der Waals surface area contributed by atoms with Crippen molar-refractivity contribution in [2.75, 3.05) is 6.61 Å². The second kappa shape index (κ2) is 11.8. The zero-order chi connectivity index (χ0) is 26.3. The highest BCUT2D eigenvalue weighted by atomic mass is 16.6. The summed E-state index contributed by atoms with van der Waals surface area (Å²) in [6.07, 6.45) is 2.55. The summed E-state index contributed by atoms with van der Waals surface area (Å²) in [7, 11) is 0. The molecule has 2 unspecified atom stereocenters. The van der Waals surface area contributed by atoms with Crippen LogP contribution in [0.1, 0.15) is 72.4 Å². The van der Waals surface area contributed by atoms with Gasteiger partial charge >= 0.3 is 11.9 Å². The Morgan fingerprint density at radius 3 is 1.69 bits per heavy atom. The molecule has 8 nitrogen and oxygen atoms in total. The third kappa shape index (κ3) is 7.16. The van der Waals surface area contributed by atoms with Crippen LogP contribution >= 0.6 is 0 Å². The molecule has 0 bridgehead atoms. The highest BCUT2D eigenvalue weighted by molar-refractivity contribution is 5.99. The van der Waals surface area contributed by atoms with Gasteiger partial charge in [-0.05, 0) is 76.6 Å². The fraction of sp³-hybridized carbons (Fsp3) is 0.429. The molecule has 192 valence electrons. The minimum Gasteiger partial charge on any atom is -0.464 e. The molecule has 2 aromatic carbocycles. The second-order valence-corrected chi connectivity index (χ2v) is 9.73. The van der Waals surface area contributed by atoms with E-state index in [9.17, 15) is 19.2 Å². The van der Waals surface area contributed by atoms with Crippen molar-refractivity contribution >= 4 is 23.8 Å². The Labute approximate surface area is 211 Å². The fourth-order valence-corrected chi connectivity index (χ4v) is 4.10. The second-order valence-electron chi connectivity index (χ2n) is 9.73. The smallest absolute Gasteiger partial charge is 0.329 e. The van der Waals surface area contributed by atoms with Crippen LogP contribution in [0.3, 0.4) is 0 Å². The summed E-state index contributed by atoms with van der Waals surface area (Å²) in [6, 6.07) is 13.7. The zero-order valence-corrected chi connectivity index (χ0v) is 21.3. The normalized spacial score (nSPS) is 19.0. The van der Waals surface area contributed by atoms with Gasteiger partial charge in [0.05, 0.1) is 6.61 Å². The first-order valence-corrected chi connectivity index (χ1v) is 12.3.